The number of likely N-dealkylation sites (tertiary alicyclic amines) is 1. The van der Waals surface area contributed by atoms with E-state index in [2.05, 4.69) is 22.1 Å². The fourth-order valence-electron chi connectivity index (χ4n) is 4.15. The highest BCUT2D eigenvalue weighted by Gasteiger charge is 2.32. The van der Waals surface area contributed by atoms with Gasteiger partial charge in [0.05, 0.1) is 30.2 Å². The van der Waals surface area contributed by atoms with Gasteiger partial charge in [-0.15, -0.1) is 0 Å². The van der Waals surface area contributed by atoms with E-state index < -0.39 is 0 Å². The quantitative estimate of drug-likeness (QED) is 0.508. The molecule has 0 saturated carbocycles. The lowest BCUT2D eigenvalue weighted by Gasteiger charge is -2.38. The van der Waals surface area contributed by atoms with Crippen LogP contribution in [0.15, 0.2) is 73.3 Å². The number of aromatic nitrogens is 4. The first-order valence-corrected chi connectivity index (χ1v) is 10.5. The SMILES string of the molecule is C[C@H]1CC[C@@H](Oc2cccc3cnccc23)CN1C(=O)c1ccccc1-n1nccn1. The lowest BCUT2D eigenvalue weighted by Crippen LogP contribution is -2.49. The number of ether oxygens (including phenoxy) is 1. The Morgan fingerprint density at radius 3 is 2.71 bits per heavy atom. The van der Waals surface area contributed by atoms with Crippen molar-refractivity contribution in [3.8, 4) is 11.4 Å². The lowest BCUT2D eigenvalue weighted by atomic mass is 9.99. The van der Waals surface area contributed by atoms with Crippen molar-refractivity contribution >= 4 is 16.7 Å². The summed E-state index contributed by atoms with van der Waals surface area (Å²) in [6, 6.07) is 15.5. The number of benzene rings is 2. The van der Waals surface area contributed by atoms with Crippen LogP contribution < -0.4 is 4.74 Å². The summed E-state index contributed by atoms with van der Waals surface area (Å²) in [5, 5.41) is 10.5. The molecule has 3 heterocycles. The summed E-state index contributed by atoms with van der Waals surface area (Å²) in [6.07, 6.45) is 8.52. The summed E-state index contributed by atoms with van der Waals surface area (Å²) in [5.41, 5.74) is 1.26. The van der Waals surface area contributed by atoms with Gasteiger partial charge in [-0.3, -0.25) is 9.78 Å². The van der Waals surface area contributed by atoms with Crippen molar-refractivity contribution in [3.63, 3.8) is 0 Å². The molecule has 0 bridgehead atoms. The van der Waals surface area contributed by atoms with Gasteiger partial charge in [-0.25, -0.2) is 0 Å². The highest BCUT2D eigenvalue weighted by atomic mass is 16.5. The molecule has 156 valence electrons. The van der Waals surface area contributed by atoms with E-state index in [0.717, 1.165) is 29.4 Å². The van der Waals surface area contributed by atoms with Crippen molar-refractivity contribution in [2.24, 2.45) is 0 Å². The number of amides is 1. The largest absolute Gasteiger partial charge is 0.488 e. The molecular weight excluding hydrogens is 390 g/mol. The molecule has 7 heteroatoms. The number of hydrogen-bond donors (Lipinski definition) is 0. The number of piperidine rings is 1. The summed E-state index contributed by atoms with van der Waals surface area (Å²) in [7, 11) is 0. The Balaban J connectivity index is 1.40. The van der Waals surface area contributed by atoms with Crippen molar-refractivity contribution in [1.29, 1.82) is 0 Å². The molecule has 0 N–H and O–H groups in total. The monoisotopic (exact) mass is 413 g/mol. The van der Waals surface area contributed by atoms with Gasteiger partial charge < -0.3 is 9.64 Å². The second kappa shape index (κ2) is 8.18. The fourth-order valence-corrected chi connectivity index (χ4v) is 4.15. The zero-order valence-corrected chi connectivity index (χ0v) is 17.3. The summed E-state index contributed by atoms with van der Waals surface area (Å²) in [6.45, 7) is 2.62. The van der Waals surface area contributed by atoms with E-state index in [9.17, 15) is 4.79 Å². The fraction of sp³-hybridized carbons (Fsp3) is 0.250. The molecule has 31 heavy (non-hydrogen) atoms. The molecule has 0 unspecified atom stereocenters. The molecule has 1 aliphatic heterocycles. The van der Waals surface area contributed by atoms with Gasteiger partial charge in [0, 0.05) is 29.2 Å². The Morgan fingerprint density at radius 2 is 1.84 bits per heavy atom. The van der Waals surface area contributed by atoms with Crippen molar-refractivity contribution in [3.05, 3.63) is 78.9 Å². The molecule has 2 aromatic carbocycles. The highest BCUT2D eigenvalue weighted by molar-refractivity contribution is 5.98. The van der Waals surface area contributed by atoms with E-state index in [1.165, 1.54) is 4.80 Å². The van der Waals surface area contributed by atoms with Crippen LogP contribution >= 0.6 is 0 Å². The van der Waals surface area contributed by atoms with Crippen molar-refractivity contribution in [2.75, 3.05) is 6.54 Å². The van der Waals surface area contributed by atoms with Gasteiger partial charge in [0.1, 0.15) is 11.9 Å². The first kappa shape index (κ1) is 19.2. The third-order valence-electron chi connectivity index (χ3n) is 5.80. The molecule has 1 aliphatic rings. The molecule has 2 atom stereocenters. The average Bonchev–Trinajstić information content (AvgIpc) is 3.35. The minimum Gasteiger partial charge on any atom is -0.488 e. The number of carbonyl (C=O) groups is 1. The minimum atomic E-state index is -0.0751. The maximum absolute atomic E-state index is 13.5. The van der Waals surface area contributed by atoms with Crippen LogP contribution in [0.3, 0.4) is 0 Å². The lowest BCUT2D eigenvalue weighted by molar-refractivity contribution is 0.0388. The van der Waals surface area contributed by atoms with Crippen LogP contribution in [0.1, 0.15) is 30.1 Å². The molecule has 0 radical (unpaired) electrons. The molecule has 1 amide bonds. The Bertz CT molecular complexity index is 1200. The zero-order chi connectivity index (χ0) is 21.2. The first-order valence-electron chi connectivity index (χ1n) is 10.5. The van der Waals surface area contributed by atoms with Gasteiger partial charge in [-0.1, -0.05) is 24.3 Å². The number of rotatable bonds is 4. The molecule has 5 rings (SSSR count). The summed E-state index contributed by atoms with van der Waals surface area (Å²) >= 11 is 0. The molecule has 1 fully saturated rings. The maximum atomic E-state index is 13.5. The van der Waals surface area contributed by atoms with E-state index in [0.29, 0.717) is 17.8 Å². The normalized spacial score (nSPS) is 18.8. The highest BCUT2D eigenvalue weighted by Crippen LogP contribution is 2.29. The molecule has 2 aromatic heterocycles. The first-order chi connectivity index (χ1) is 15.2. The number of para-hydroxylation sites is 1. The maximum Gasteiger partial charge on any atom is 0.256 e. The molecule has 0 spiro atoms. The van der Waals surface area contributed by atoms with Gasteiger partial charge in [0.25, 0.3) is 5.91 Å². The Kier molecular flexibility index (Phi) is 5.08. The minimum absolute atomic E-state index is 0.0316. The Morgan fingerprint density at radius 1 is 1.00 bits per heavy atom. The number of fused-ring (bicyclic) bond motifs is 1. The van der Waals surface area contributed by atoms with Crippen LogP contribution in [0.4, 0.5) is 0 Å². The van der Waals surface area contributed by atoms with Gasteiger partial charge in [0.15, 0.2) is 0 Å². The van der Waals surface area contributed by atoms with Gasteiger partial charge in [0.2, 0.25) is 0 Å². The van der Waals surface area contributed by atoms with Crippen LogP contribution in [0, 0.1) is 0 Å². The average molecular weight is 413 g/mol. The number of nitrogens with zero attached hydrogens (tertiary/aromatic N) is 5. The number of pyridine rings is 1. The van der Waals surface area contributed by atoms with Gasteiger partial charge in [-0.05, 0) is 44.0 Å². The van der Waals surface area contributed by atoms with Crippen LogP contribution in [0.25, 0.3) is 16.5 Å². The van der Waals surface area contributed by atoms with Gasteiger partial charge >= 0.3 is 0 Å². The smallest absolute Gasteiger partial charge is 0.256 e. The zero-order valence-electron chi connectivity index (χ0n) is 17.3. The van der Waals surface area contributed by atoms with Crippen molar-refractivity contribution < 1.29 is 9.53 Å². The number of hydrogen-bond acceptors (Lipinski definition) is 5. The summed E-state index contributed by atoms with van der Waals surface area (Å²) < 4.78 is 6.38. The van der Waals surface area contributed by atoms with Crippen LogP contribution in [-0.4, -0.2) is 49.5 Å². The molecule has 0 aliphatic carbocycles. The van der Waals surface area contributed by atoms with E-state index >= 15 is 0 Å². The summed E-state index contributed by atoms with van der Waals surface area (Å²) in [4.78, 5) is 21.1. The third kappa shape index (κ3) is 3.74. The Hall–Kier alpha value is -3.74. The van der Waals surface area contributed by atoms with Crippen molar-refractivity contribution in [1.82, 2.24) is 24.9 Å². The predicted octanol–water partition coefficient (Wildman–Crippen LogP) is 3.89. The standard InChI is InChI=1S/C24H23N5O2/c1-17-9-10-19(31-23-8-4-5-18-15-25-12-11-20(18)23)16-28(17)24(30)21-6-2-3-7-22(21)29-26-13-14-27-29/h2-8,11-15,17,19H,9-10,16H2,1H3/t17-,19+/m0/s1. The predicted molar refractivity (Wildman–Crippen MR) is 117 cm³/mol. The topological polar surface area (TPSA) is 73.1 Å². The Labute approximate surface area is 180 Å². The second-order valence-corrected chi connectivity index (χ2v) is 7.81. The van der Waals surface area contributed by atoms with E-state index in [-0.39, 0.29) is 18.1 Å². The summed E-state index contributed by atoms with van der Waals surface area (Å²) in [5.74, 6) is 0.795. The molecular formula is C24H23N5O2. The molecule has 1 saturated heterocycles. The van der Waals surface area contributed by atoms with Gasteiger partial charge in [-0.2, -0.15) is 15.0 Å². The van der Waals surface area contributed by atoms with E-state index in [4.69, 9.17) is 4.74 Å². The van der Waals surface area contributed by atoms with E-state index in [1.54, 1.807) is 18.6 Å². The second-order valence-electron chi connectivity index (χ2n) is 7.81. The van der Waals surface area contributed by atoms with Crippen LogP contribution in [0.2, 0.25) is 0 Å². The third-order valence-corrected chi connectivity index (χ3v) is 5.80. The number of carbonyl (C=O) groups excluding carboxylic acids is 1. The van der Waals surface area contributed by atoms with Crippen molar-refractivity contribution in [2.45, 2.75) is 31.9 Å². The molecule has 4 aromatic rings. The van der Waals surface area contributed by atoms with Crippen LogP contribution in [-0.2, 0) is 0 Å². The van der Waals surface area contributed by atoms with E-state index in [1.807, 2.05) is 59.6 Å². The van der Waals surface area contributed by atoms with Crippen LogP contribution in [0.5, 0.6) is 5.75 Å². The molecule has 7 nitrogen and oxygen atoms in total.